The average molecular weight is 416 g/mol. The first-order valence-electron chi connectivity index (χ1n) is 9.88. The number of nitrogens with one attached hydrogen (secondary N) is 1. The molecule has 2 aliphatic rings. The summed E-state index contributed by atoms with van der Waals surface area (Å²) in [6.45, 7) is 6.92. The van der Waals surface area contributed by atoms with Crippen LogP contribution in [0.2, 0.25) is 5.02 Å². The van der Waals surface area contributed by atoms with Gasteiger partial charge >= 0.3 is 0 Å². The molecule has 4 rings (SSSR count). The number of ketones is 1. The van der Waals surface area contributed by atoms with Crippen LogP contribution in [0.1, 0.15) is 41.8 Å². The van der Waals surface area contributed by atoms with E-state index in [1.807, 2.05) is 0 Å². The second-order valence-corrected chi connectivity index (χ2v) is 8.68. The van der Waals surface area contributed by atoms with Crippen LogP contribution in [0.3, 0.4) is 0 Å². The molecule has 2 aliphatic heterocycles. The van der Waals surface area contributed by atoms with Gasteiger partial charge in [-0.05, 0) is 30.7 Å². The maximum atomic E-state index is 14.1. The van der Waals surface area contributed by atoms with Crippen LogP contribution in [-0.4, -0.2) is 18.9 Å². The predicted molar refractivity (Wildman–Crippen MR) is 108 cm³/mol. The predicted octanol–water partition coefficient (Wildman–Crippen LogP) is 3.23. The number of piperidine rings is 1. The van der Waals surface area contributed by atoms with Gasteiger partial charge in [-0.15, -0.1) is 0 Å². The Balaban J connectivity index is 1.67. The van der Waals surface area contributed by atoms with E-state index in [0.717, 1.165) is 13.1 Å². The third-order valence-corrected chi connectivity index (χ3v) is 6.01. The van der Waals surface area contributed by atoms with Crippen LogP contribution in [0, 0.1) is 17.7 Å². The van der Waals surface area contributed by atoms with Crippen molar-refractivity contribution < 1.29 is 23.9 Å². The molecule has 0 aliphatic carbocycles. The number of hydrogen-bond acceptors (Lipinski definition) is 3. The normalized spacial score (nSPS) is 25.2. The summed E-state index contributed by atoms with van der Waals surface area (Å²) in [7, 11) is 0. The maximum absolute atomic E-state index is 14.1. The second-order valence-electron chi connectivity index (χ2n) is 8.28. The minimum atomic E-state index is -0.539. The molecule has 2 unspecified atom stereocenters. The van der Waals surface area contributed by atoms with Gasteiger partial charge < -0.3 is 14.7 Å². The molecule has 152 valence electrons. The number of benzene rings is 2. The number of ether oxygens (including phenoxy) is 1. The minimum absolute atomic E-state index is 0.0192. The number of quaternary nitrogens is 1. The van der Waals surface area contributed by atoms with Crippen molar-refractivity contribution in [3.63, 3.8) is 0 Å². The molecule has 29 heavy (non-hydrogen) atoms. The maximum Gasteiger partial charge on any atom is 0.231 e. The van der Waals surface area contributed by atoms with Crippen LogP contribution >= 0.6 is 11.6 Å². The zero-order chi connectivity index (χ0) is 20.7. The van der Waals surface area contributed by atoms with Gasteiger partial charge in [0.2, 0.25) is 5.78 Å². The summed E-state index contributed by atoms with van der Waals surface area (Å²) in [4.78, 5) is 14.1. The highest BCUT2D eigenvalue weighted by Gasteiger charge is 2.33. The van der Waals surface area contributed by atoms with Crippen LogP contribution < -0.4 is 14.7 Å². The molecule has 6 heteroatoms. The fourth-order valence-electron chi connectivity index (χ4n) is 4.55. The molecule has 1 saturated heterocycles. The highest BCUT2D eigenvalue weighted by molar-refractivity contribution is 6.32. The van der Waals surface area contributed by atoms with Crippen molar-refractivity contribution in [1.29, 1.82) is 0 Å². The van der Waals surface area contributed by atoms with Gasteiger partial charge in [0.25, 0.3) is 0 Å². The number of halogens is 2. The molecule has 2 aromatic rings. The van der Waals surface area contributed by atoms with E-state index in [-0.39, 0.29) is 27.9 Å². The number of Topliss-reactive ketones (excluding diaryl/α,β-unsaturated/α-hetero) is 1. The number of rotatable bonds is 3. The molecule has 0 saturated carbocycles. The quantitative estimate of drug-likeness (QED) is 0.783. The summed E-state index contributed by atoms with van der Waals surface area (Å²) in [5, 5.41) is 12.8. The van der Waals surface area contributed by atoms with Crippen molar-refractivity contribution in [2.45, 2.75) is 26.8 Å². The molecule has 0 bridgehead atoms. The summed E-state index contributed by atoms with van der Waals surface area (Å²) in [6.07, 6.45) is 2.50. The Morgan fingerprint density at radius 3 is 2.66 bits per heavy atom. The zero-order valence-electron chi connectivity index (χ0n) is 16.4. The highest BCUT2D eigenvalue weighted by Crippen LogP contribution is 2.39. The Morgan fingerprint density at radius 1 is 1.24 bits per heavy atom. The Labute approximate surface area is 174 Å². The van der Waals surface area contributed by atoms with Gasteiger partial charge in [-0.2, -0.15) is 0 Å². The van der Waals surface area contributed by atoms with Crippen LogP contribution in [0.5, 0.6) is 11.5 Å². The van der Waals surface area contributed by atoms with Crippen molar-refractivity contribution in [2.24, 2.45) is 11.8 Å². The molecular weight excluding hydrogens is 393 g/mol. The van der Waals surface area contributed by atoms with Gasteiger partial charge in [0.1, 0.15) is 18.1 Å². The number of allylic oxidation sites excluding steroid dienone is 1. The summed E-state index contributed by atoms with van der Waals surface area (Å²) < 4.78 is 19.9. The third kappa shape index (κ3) is 3.89. The fourth-order valence-corrected chi connectivity index (χ4v) is 4.77. The molecule has 1 N–H and O–H groups in total. The lowest BCUT2D eigenvalue weighted by Gasteiger charge is -2.33. The summed E-state index contributed by atoms with van der Waals surface area (Å²) in [6, 6.07) is 7.23. The van der Waals surface area contributed by atoms with E-state index >= 15 is 0 Å². The largest absolute Gasteiger partial charge is 0.872 e. The Bertz CT molecular complexity index is 974. The molecule has 2 heterocycles. The van der Waals surface area contributed by atoms with Crippen LogP contribution in [0.15, 0.2) is 36.1 Å². The van der Waals surface area contributed by atoms with Gasteiger partial charge in [-0.1, -0.05) is 43.3 Å². The van der Waals surface area contributed by atoms with Crippen LogP contribution in [-0.2, 0) is 6.54 Å². The van der Waals surface area contributed by atoms with Crippen molar-refractivity contribution in [2.75, 3.05) is 13.1 Å². The molecular formula is C23H23ClFNO3. The van der Waals surface area contributed by atoms with E-state index in [1.54, 1.807) is 6.07 Å². The number of carbonyl (C=O) groups excluding carboxylic acids is 1. The molecule has 2 aromatic carbocycles. The van der Waals surface area contributed by atoms with E-state index in [0.29, 0.717) is 35.3 Å². The fraction of sp³-hybridized carbons (Fsp3) is 0.348. The molecule has 0 radical (unpaired) electrons. The molecule has 4 nitrogen and oxygen atoms in total. The first kappa shape index (κ1) is 19.9. The Kier molecular flexibility index (Phi) is 5.36. The summed E-state index contributed by atoms with van der Waals surface area (Å²) in [5.74, 6) is 0.413. The van der Waals surface area contributed by atoms with E-state index in [1.165, 1.54) is 41.7 Å². The lowest BCUT2D eigenvalue weighted by molar-refractivity contribution is -0.925. The van der Waals surface area contributed by atoms with Crippen molar-refractivity contribution >= 4 is 23.5 Å². The van der Waals surface area contributed by atoms with Gasteiger partial charge in [-0.25, -0.2) is 4.39 Å². The molecule has 1 fully saturated rings. The lowest BCUT2D eigenvalue weighted by atomic mass is 9.91. The first-order valence-corrected chi connectivity index (χ1v) is 10.3. The molecule has 0 aromatic heterocycles. The number of carbonyl (C=O) groups is 1. The topological polar surface area (TPSA) is 53.8 Å². The lowest BCUT2D eigenvalue weighted by Crippen LogP contribution is -3.13. The molecule has 2 atom stereocenters. The van der Waals surface area contributed by atoms with E-state index in [4.69, 9.17) is 16.3 Å². The SMILES string of the molecule is CC1CC(C)C[NH+](Cc2c([O-])ccc3c2OC(=Cc2c(F)cccc2Cl)C3=O)C1. The van der Waals surface area contributed by atoms with Crippen LogP contribution in [0.4, 0.5) is 4.39 Å². The van der Waals surface area contributed by atoms with Crippen LogP contribution in [0.25, 0.3) is 6.08 Å². The molecule has 0 spiro atoms. The number of hydrogen-bond donors (Lipinski definition) is 1. The van der Waals surface area contributed by atoms with Crippen molar-refractivity contribution in [3.8, 4) is 11.5 Å². The smallest absolute Gasteiger partial charge is 0.231 e. The Hall–Kier alpha value is -2.37. The monoisotopic (exact) mass is 415 g/mol. The third-order valence-electron chi connectivity index (χ3n) is 5.68. The van der Waals surface area contributed by atoms with Crippen molar-refractivity contribution in [3.05, 3.63) is 63.6 Å². The summed E-state index contributed by atoms with van der Waals surface area (Å²) >= 11 is 6.07. The van der Waals surface area contributed by atoms with Gasteiger partial charge in [0, 0.05) is 23.0 Å². The van der Waals surface area contributed by atoms with Gasteiger partial charge in [0.05, 0.1) is 23.7 Å². The standard InChI is InChI=1S/C23H23ClFNO3/c1-13-8-14(2)11-26(10-13)12-17-20(27)7-6-15-22(28)21(29-23(15)17)9-16-18(24)4-3-5-19(16)25/h3-7,9,13-14,27H,8,10-12H2,1-2H3. The highest BCUT2D eigenvalue weighted by atomic mass is 35.5. The zero-order valence-corrected chi connectivity index (χ0v) is 17.2. The summed E-state index contributed by atoms with van der Waals surface area (Å²) in [5.41, 5.74) is 0.949. The second kappa shape index (κ2) is 7.81. The van der Waals surface area contributed by atoms with E-state index in [9.17, 15) is 14.3 Å². The average Bonchev–Trinajstić information content (AvgIpc) is 2.96. The molecule has 0 amide bonds. The number of fused-ring (bicyclic) bond motifs is 1. The first-order chi connectivity index (χ1) is 13.8. The van der Waals surface area contributed by atoms with Crippen molar-refractivity contribution in [1.82, 2.24) is 0 Å². The van der Waals surface area contributed by atoms with E-state index < -0.39 is 5.82 Å². The van der Waals surface area contributed by atoms with Gasteiger partial charge in [-0.3, -0.25) is 4.79 Å². The minimum Gasteiger partial charge on any atom is -0.872 e. The number of likely N-dealkylation sites (tertiary alicyclic amines) is 1. The van der Waals surface area contributed by atoms with Gasteiger partial charge in [0.15, 0.2) is 5.76 Å². The Morgan fingerprint density at radius 2 is 1.97 bits per heavy atom. The van der Waals surface area contributed by atoms with E-state index in [2.05, 4.69) is 13.8 Å².